The highest BCUT2D eigenvalue weighted by atomic mass is 16.5. The third-order valence-corrected chi connectivity index (χ3v) is 7.69. The van der Waals surface area contributed by atoms with Crippen molar-refractivity contribution >= 4 is 11.8 Å². The average Bonchev–Trinajstić information content (AvgIpc) is 2.97. The topological polar surface area (TPSA) is 73.9 Å². The molecule has 212 valence electrons. The van der Waals surface area contributed by atoms with Crippen molar-refractivity contribution in [2.45, 2.75) is 58.0 Å². The van der Waals surface area contributed by atoms with Gasteiger partial charge in [0.15, 0.2) is 5.78 Å². The molecule has 6 nitrogen and oxygen atoms in total. The Bertz CT molecular complexity index is 1470. The quantitative estimate of drug-likeness (QED) is 0.301. The number of esters is 1. The molecule has 1 aliphatic carbocycles. The van der Waals surface area contributed by atoms with Crippen LogP contribution < -0.4 is 14.8 Å². The highest BCUT2D eigenvalue weighted by Crippen LogP contribution is 2.48. The van der Waals surface area contributed by atoms with Crippen LogP contribution in [0.3, 0.4) is 0 Å². The van der Waals surface area contributed by atoms with Crippen molar-refractivity contribution in [3.63, 3.8) is 0 Å². The van der Waals surface area contributed by atoms with E-state index >= 15 is 0 Å². The first-order valence-corrected chi connectivity index (χ1v) is 14.2. The monoisotopic (exact) mass is 551 g/mol. The van der Waals surface area contributed by atoms with Crippen LogP contribution >= 0.6 is 0 Å². The lowest BCUT2D eigenvalue weighted by Gasteiger charge is -2.37. The number of carbonyl (C=O) groups excluding carboxylic acids is 2. The minimum Gasteiger partial charge on any atom is -0.497 e. The highest BCUT2D eigenvalue weighted by molar-refractivity contribution is 6.04. The zero-order valence-corrected chi connectivity index (χ0v) is 24.1. The summed E-state index contributed by atoms with van der Waals surface area (Å²) < 4.78 is 17.3. The summed E-state index contributed by atoms with van der Waals surface area (Å²) in [6, 6.07) is 25.5. The number of para-hydroxylation sites is 1. The fraction of sp³-hybridized carbons (Fsp3) is 0.314. The van der Waals surface area contributed by atoms with Crippen LogP contribution in [0.1, 0.15) is 62.1 Å². The van der Waals surface area contributed by atoms with Gasteiger partial charge in [-0.25, -0.2) is 4.79 Å². The zero-order chi connectivity index (χ0) is 28.9. The third-order valence-electron chi connectivity index (χ3n) is 7.69. The van der Waals surface area contributed by atoms with Gasteiger partial charge in [-0.05, 0) is 62.4 Å². The molecule has 0 bridgehead atoms. The molecule has 0 aromatic heterocycles. The van der Waals surface area contributed by atoms with E-state index in [1.165, 1.54) is 0 Å². The minimum absolute atomic E-state index is 0.0194. The summed E-state index contributed by atoms with van der Waals surface area (Å²) in [5.74, 6) is 0.471. The van der Waals surface area contributed by atoms with E-state index in [0.29, 0.717) is 41.9 Å². The molecule has 0 saturated heterocycles. The second-order valence-corrected chi connectivity index (χ2v) is 10.9. The van der Waals surface area contributed by atoms with Gasteiger partial charge in [-0.3, -0.25) is 4.79 Å². The Morgan fingerprint density at radius 3 is 2.37 bits per heavy atom. The number of allylic oxidation sites excluding steroid dienone is 3. The molecular formula is C35H37NO5. The van der Waals surface area contributed by atoms with E-state index in [0.717, 1.165) is 28.1 Å². The largest absolute Gasteiger partial charge is 0.497 e. The Balaban J connectivity index is 1.50. The summed E-state index contributed by atoms with van der Waals surface area (Å²) >= 11 is 0. The van der Waals surface area contributed by atoms with Crippen molar-refractivity contribution in [2.75, 3.05) is 13.7 Å². The molecule has 0 fully saturated rings. The average molecular weight is 552 g/mol. The van der Waals surface area contributed by atoms with E-state index in [-0.39, 0.29) is 24.4 Å². The van der Waals surface area contributed by atoms with Crippen molar-refractivity contribution in [2.24, 2.45) is 0 Å². The van der Waals surface area contributed by atoms with Crippen LogP contribution in [0.15, 0.2) is 101 Å². The van der Waals surface area contributed by atoms with Crippen LogP contribution in [0, 0.1) is 0 Å². The molecule has 1 heterocycles. The molecule has 0 saturated carbocycles. The number of Topliss-reactive ketones (excluding diaryl/α,β-unsaturated/α-hetero) is 1. The number of hydrogen-bond donors (Lipinski definition) is 1. The number of nitrogens with one attached hydrogen (secondary N) is 1. The van der Waals surface area contributed by atoms with E-state index in [9.17, 15) is 9.59 Å². The molecule has 6 heteroatoms. The fourth-order valence-corrected chi connectivity index (χ4v) is 5.80. The molecule has 3 aromatic carbocycles. The molecule has 1 aliphatic heterocycles. The van der Waals surface area contributed by atoms with Crippen LogP contribution in [0.4, 0.5) is 0 Å². The van der Waals surface area contributed by atoms with Gasteiger partial charge in [0.2, 0.25) is 0 Å². The van der Waals surface area contributed by atoms with E-state index in [2.05, 4.69) is 5.32 Å². The molecule has 2 aliphatic rings. The van der Waals surface area contributed by atoms with Crippen molar-refractivity contribution in [3.05, 3.63) is 118 Å². The lowest BCUT2D eigenvalue weighted by Crippen LogP contribution is -2.36. The summed E-state index contributed by atoms with van der Waals surface area (Å²) in [4.78, 5) is 27.7. The smallest absolute Gasteiger partial charge is 0.336 e. The van der Waals surface area contributed by atoms with Gasteiger partial charge in [-0.15, -0.1) is 0 Å². The molecule has 0 spiro atoms. The summed E-state index contributed by atoms with van der Waals surface area (Å²) in [7, 11) is 1.64. The Labute approximate surface area is 242 Å². The van der Waals surface area contributed by atoms with Gasteiger partial charge in [0, 0.05) is 35.4 Å². The zero-order valence-electron chi connectivity index (χ0n) is 24.1. The predicted octanol–water partition coefficient (Wildman–Crippen LogP) is 6.63. The predicted molar refractivity (Wildman–Crippen MR) is 159 cm³/mol. The molecule has 0 radical (unpaired) electrons. The van der Waals surface area contributed by atoms with Crippen LogP contribution in [0.2, 0.25) is 0 Å². The molecule has 1 N–H and O–H groups in total. The highest BCUT2D eigenvalue weighted by Gasteiger charge is 2.42. The summed E-state index contributed by atoms with van der Waals surface area (Å²) in [5, 5.41) is 3.44. The number of methoxy groups -OCH3 is 1. The number of dihydropyridines is 1. The Morgan fingerprint density at radius 1 is 0.951 bits per heavy atom. The molecule has 5 rings (SSSR count). The Hall–Kier alpha value is -4.32. The van der Waals surface area contributed by atoms with Gasteiger partial charge in [-0.2, -0.15) is 0 Å². The number of carbonyl (C=O) groups is 2. The first-order valence-electron chi connectivity index (χ1n) is 14.2. The van der Waals surface area contributed by atoms with Gasteiger partial charge >= 0.3 is 5.97 Å². The SMILES string of the molecule is COc1ccc([C@H]2CC(=O)C3=C(C2)NC(C)=C(C(=O)OCCc2ccccc2)[C@@H]3c2ccccc2OC(C)C)cc1. The molecule has 3 aromatic rings. The van der Waals surface area contributed by atoms with Gasteiger partial charge < -0.3 is 19.5 Å². The normalized spacial score (nSPS) is 18.6. The summed E-state index contributed by atoms with van der Waals surface area (Å²) in [6.45, 7) is 6.07. The van der Waals surface area contributed by atoms with Crippen molar-refractivity contribution in [1.29, 1.82) is 0 Å². The lowest BCUT2D eigenvalue weighted by atomic mass is 9.71. The first-order chi connectivity index (χ1) is 19.9. The van der Waals surface area contributed by atoms with E-state index < -0.39 is 11.9 Å². The van der Waals surface area contributed by atoms with Crippen LogP contribution in [0.5, 0.6) is 11.5 Å². The second kappa shape index (κ2) is 12.5. The first kappa shape index (κ1) is 28.2. The van der Waals surface area contributed by atoms with E-state index in [4.69, 9.17) is 14.2 Å². The number of hydrogen-bond acceptors (Lipinski definition) is 6. The van der Waals surface area contributed by atoms with Crippen molar-refractivity contribution < 1.29 is 23.8 Å². The Kier molecular flexibility index (Phi) is 8.58. The fourth-order valence-electron chi connectivity index (χ4n) is 5.80. The van der Waals surface area contributed by atoms with Crippen LogP contribution in [-0.2, 0) is 20.7 Å². The van der Waals surface area contributed by atoms with E-state index in [1.54, 1.807) is 7.11 Å². The molecule has 0 amide bonds. The maximum atomic E-state index is 14.0. The molecule has 0 unspecified atom stereocenters. The maximum absolute atomic E-state index is 14.0. The van der Waals surface area contributed by atoms with Crippen molar-refractivity contribution in [1.82, 2.24) is 5.32 Å². The second-order valence-electron chi connectivity index (χ2n) is 10.9. The number of rotatable bonds is 9. The van der Waals surface area contributed by atoms with Gasteiger partial charge in [0.1, 0.15) is 11.5 Å². The summed E-state index contributed by atoms with van der Waals surface area (Å²) in [5.41, 5.74) is 5.59. The molecule has 41 heavy (non-hydrogen) atoms. The maximum Gasteiger partial charge on any atom is 0.336 e. The van der Waals surface area contributed by atoms with Crippen LogP contribution in [-0.4, -0.2) is 31.6 Å². The molecular weight excluding hydrogens is 514 g/mol. The molecule has 2 atom stereocenters. The standard InChI is InChI=1S/C35H37NO5/c1-22(2)41-31-13-9-8-12-28(31)33-32(35(38)40-19-18-24-10-6-5-7-11-24)23(3)36-29-20-26(21-30(37)34(29)33)25-14-16-27(39-4)17-15-25/h5-17,22,26,33,36H,18-21H2,1-4H3/t26-,33+/m1/s1. The Morgan fingerprint density at radius 2 is 1.66 bits per heavy atom. The number of ketones is 1. The van der Waals surface area contributed by atoms with Gasteiger partial charge in [0.05, 0.1) is 31.3 Å². The van der Waals surface area contributed by atoms with Crippen molar-refractivity contribution in [3.8, 4) is 11.5 Å². The minimum atomic E-state index is -0.588. The van der Waals surface area contributed by atoms with E-state index in [1.807, 2.05) is 99.6 Å². The number of ether oxygens (including phenoxy) is 3. The van der Waals surface area contributed by atoms with Crippen LogP contribution in [0.25, 0.3) is 0 Å². The summed E-state index contributed by atoms with van der Waals surface area (Å²) in [6.07, 6.45) is 1.55. The van der Waals surface area contributed by atoms with Gasteiger partial charge in [-0.1, -0.05) is 60.7 Å². The number of benzene rings is 3. The van der Waals surface area contributed by atoms with Gasteiger partial charge in [0.25, 0.3) is 0 Å². The lowest BCUT2D eigenvalue weighted by molar-refractivity contribution is -0.139. The third kappa shape index (κ3) is 6.22.